The van der Waals surface area contributed by atoms with E-state index in [0.717, 1.165) is 66.3 Å². The van der Waals surface area contributed by atoms with Crippen LogP contribution >= 0.6 is 11.6 Å². The Morgan fingerprint density at radius 1 is 1.06 bits per heavy atom. The van der Waals surface area contributed by atoms with E-state index in [9.17, 15) is 4.79 Å². The van der Waals surface area contributed by atoms with Gasteiger partial charge in [-0.1, -0.05) is 41.4 Å². The number of aromatic nitrogens is 4. The monoisotopic (exact) mass is 435 g/mol. The number of rotatable bonds is 4. The molecule has 3 heterocycles. The van der Waals surface area contributed by atoms with E-state index in [1.807, 2.05) is 22.8 Å². The number of imidazole rings is 2. The quantitative estimate of drug-likeness (QED) is 0.482. The van der Waals surface area contributed by atoms with Crippen LogP contribution in [0.25, 0.3) is 22.4 Å². The third-order valence-corrected chi connectivity index (χ3v) is 6.52. The van der Waals surface area contributed by atoms with Crippen LogP contribution in [0.2, 0.25) is 5.02 Å². The summed E-state index contributed by atoms with van der Waals surface area (Å²) in [7, 11) is 0. The average molecular weight is 436 g/mol. The Kier molecular flexibility index (Phi) is 5.20. The Labute approximate surface area is 185 Å². The molecule has 7 heteroatoms. The highest BCUT2D eigenvalue weighted by molar-refractivity contribution is 6.31. The number of nitrogens with zero attached hydrogens (tertiary/aromatic N) is 3. The van der Waals surface area contributed by atoms with Gasteiger partial charge in [-0.2, -0.15) is 0 Å². The minimum Gasteiger partial charge on any atom is -0.342 e. The molecule has 0 spiro atoms. The molecule has 1 aliphatic heterocycles. The van der Waals surface area contributed by atoms with Crippen LogP contribution in [0.1, 0.15) is 35.8 Å². The molecule has 2 aromatic heterocycles. The molecule has 0 atom stereocenters. The van der Waals surface area contributed by atoms with Crippen LogP contribution in [0, 0.1) is 13.8 Å². The SMILES string of the molecule is Cc1ccc(-c2nc(CN3CCC(n4c(=O)[nH]c5cc(Cl)ccc54)CC3)c(C)[nH]2)cc1. The molecule has 2 aromatic carbocycles. The molecule has 4 aromatic rings. The molecule has 0 radical (unpaired) electrons. The first kappa shape index (κ1) is 20.1. The van der Waals surface area contributed by atoms with Gasteiger partial charge >= 0.3 is 5.69 Å². The van der Waals surface area contributed by atoms with Crippen molar-refractivity contribution in [3.8, 4) is 11.4 Å². The molecule has 160 valence electrons. The number of nitrogens with one attached hydrogen (secondary N) is 2. The highest BCUT2D eigenvalue weighted by atomic mass is 35.5. The van der Waals surface area contributed by atoms with Crippen molar-refractivity contribution >= 4 is 22.6 Å². The number of fused-ring (bicyclic) bond motifs is 1. The predicted molar refractivity (Wildman–Crippen MR) is 125 cm³/mol. The number of aromatic amines is 2. The van der Waals surface area contributed by atoms with Gasteiger partial charge in [0.2, 0.25) is 0 Å². The largest absolute Gasteiger partial charge is 0.342 e. The smallest absolute Gasteiger partial charge is 0.326 e. The summed E-state index contributed by atoms with van der Waals surface area (Å²) in [5.41, 5.74) is 6.23. The number of hydrogen-bond acceptors (Lipinski definition) is 3. The first-order valence-corrected chi connectivity index (χ1v) is 11.1. The van der Waals surface area contributed by atoms with Crippen LogP contribution < -0.4 is 5.69 Å². The van der Waals surface area contributed by atoms with Crippen LogP contribution in [-0.4, -0.2) is 37.5 Å². The van der Waals surface area contributed by atoms with E-state index in [2.05, 4.69) is 53.0 Å². The van der Waals surface area contributed by atoms with Gasteiger partial charge in [-0.15, -0.1) is 0 Å². The van der Waals surface area contributed by atoms with Gasteiger partial charge in [0.1, 0.15) is 5.82 Å². The molecule has 0 amide bonds. The van der Waals surface area contributed by atoms with Crippen molar-refractivity contribution in [3.63, 3.8) is 0 Å². The summed E-state index contributed by atoms with van der Waals surface area (Å²) in [5.74, 6) is 0.923. The van der Waals surface area contributed by atoms with E-state index < -0.39 is 0 Å². The molecule has 0 saturated carbocycles. The molecule has 31 heavy (non-hydrogen) atoms. The maximum Gasteiger partial charge on any atom is 0.326 e. The van der Waals surface area contributed by atoms with Crippen LogP contribution in [0.4, 0.5) is 0 Å². The zero-order valence-corrected chi connectivity index (χ0v) is 18.5. The minimum atomic E-state index is -0.0541. The summed E-state index contributed by atoms with van der Waals surface area (Å²) >= 11 is 6.08. The van der Waals surface area contributed by atoms with Crippen molar-refractivity contribution < 1.29 is 0 Å². The molecule has 6 nitrogen and oxygen atoms in total. The van der Waals surface area contributed by atoms with E-state index in [4.69, 9.17) is 16.6 Å². The Balaban J connectivity index is 1.28. The third-order valence-electron chi connectivity index (χ3n) is 6.28. The molecule has 5 rings (SSSR count). The summed E-state index contributed by atoms with van der Waals surface area (Å²) < 4.78 is 1.90. The van der Waals surface area contributed by atoms with Crippen LogP contribution in [0.15, 0.2) is 47.3 Å². The van der Waals surface area contributed by atoms with Crippen molar-refractivity contribution in [3.05, 3.63) is 74.9 Å². The first-order valence-electron chi connectivity index (χ1n) is 10.7. The molecule has 1 saturated heterocycles. The van der Waals surface area contributed by atoms with Crippen molar-refractivity contribution in [1.82, 2.24) is 24.4 Å². The van der Waals surface area contributed by atoms with Gasteiger partial charge in [-0.3, -0.25) is 9.47 Å². The molecule has 0 bridgehead atoms. The van der Waals surface area contributed by atoms with Crippen molar-refractivity contribution in [2.75, 3.05) is 13.1 Å². The lowest BCUT2D eigenvalue weighted by Crippen LogP contribution is -2.36. The van der Waals surface area contributed by atoms with Gasteiger partial charge in [0.15, 0.2) is 0 Å². The second kappa shape index (κ2) is 8.02. The second-order valence-corrected chi connectivity index (χ2v) is 8.93. The van der Waals surface area contributed by atoms with Gasteiger partial charge in [0.25, 0.3) is 0 Å². The fourth-order valence-corrected chi connectivity index (χ4v) is 4.68. The van der Waals surface area contributed by atoms with E-state index in [1.54, 1.807) is 0 Å². The van der Waals surface area contributed by atoms with Crippen molar-refractivity contribution in [1.29, 1.82) is 0 Å². The van der Waals surface area contributed by atoms with Crippen LogP contribution in [0.3, 0.4) is 0 Å². The van der Waals surface area contributed by atoms with Crippen molar-refractivity contribution in [2.45, 2.75) is 39.3 Å². The normalized spacial score (nSPS) is 15.7. The number of H-pyrrole nitrogens is 2. The number of likely N-dealkylation sites (tertiary alicyclic amines) is 1. The maximum absolute atomic E-state index is 12.6. The molecule has 2 N–H and O–H groups in total. The molecule has 0 aliphatic carbocycles. The van der Waals surface area contributed by atoms with Gasteiger partial charge in [0, 0.05) is 42.0 Å². The maximum atomic E-state index is 12.6. The fourth-order valence-electron chi connectivity index (χ4n) is 4.51. The lowest BCUT2D eigenvalue weighted by atomic mass is 10.0. The molecular weight excluding hydrogens is 410 g/mol. The van der Waals surface area contributed by atoms with E-state index in [0.29, 0.717) is 5.02 Å². The highest BCUT2D eigenvalue weighted by Crippen LogP contribution is 2.27. The fraction of sp³-hybridized carbons (Fsp3) is 0.333. The molecule has 0 unspecified atom stereocenters. The topological polar surface area (TPSA) is 69.7 Å². The van der Waals surface area contributed by atoms with Gasteiger partial charge < -0.3 is 9.97 Å². The van der Waals surface area contributed by atoms with Gasteiger partial charge in [-0.25, -0.2) is 9.78 Å². The number of halogens is 1. The third kappa shape index (κ3) is 3.93. The molecule has 1 fully saturated rings. The first-order chi connectivity index (χ1) is 15.0. The predicted octanol–water partition coefficient (Wildman–Crippen LogP) is 4.83. The van der Waals surface area contributed by atoms with Crippen molar-refractivity contribution in [2.24, 2.45) is 0 Å². The van der Waals surface area contributed by atoms with Crippen LogP contribution in [-0.2, 0) is 6.54 Å². The summed E-state index contributed by atoms with van der Waals surface area (Å²) in [6.45, 7) is 6.86. The number of hydrogen-bond donors (Lipinski definition) is 2. The minimum absolute atomic E-state index is 0.0541. The number of piperidine rings is 1. The lowest BCUT2D eigenvalue weighted by Gasteiger charge is -2.32. The Hall–Kier alpha value is -2.83. The number of aryl methyl sites for hydroxylation is 2. The number of benzene rings is 2. The standard InChI is InChI=1S/C24H26ClN5O/c1-15-3-5-17(6-4-15)23-26-16(2)21(27-23)14-29-11-9-19(10-12-29)30-22-8-7-18(25)13-20(22)28-24(30)31/h3-8,13,19H,9-12,14H2,1-2H3,(H,26,27)(H,28,31). The van der Waals surface area contributed by atoms with Gasteiger partial charge in [-0.05, 0) is 44.9 Å². The molecule has 1 aliphatic rings. The summed E-state index contributed by atoms with van der Waals surface area (Å²) in [6.07, 6.45) is 1.87. The molecular formula is C24H26ClN5O. The summed E-state index contributed by atoms with van der Waals surface area (Å²) in [5, 5.41) is 0.634. The van der Waals surface area contributed by atoms with E-state index >= 15 is 0 Å². The zero-order valence-electron chi connectivity index (χ0n) is 17.8. The van der Waals surface area contributed by atoms with E-state index in [1.165, 1.54) is 5.56 Å². The lowest BCUT2D eigenvalue weighted by molar-refractivity contribution is 0.178. The summed E-state index contributed by atoms with van der Waals surface area (Å²) in [6, 6.07) is 14.2. The van der Waals surface area contributed by atoms with Crippen LogP contribution in [0.5, 0.6) is 0 Å². The highest BCUT2D eigenvalue weighted by Gasteiger charge is 2.24. The van der Waals surface area contributed by atoms with Gasteiger partial charge in [0.05, 0.1) is 16.7 Å². The average Bonchev–Trinajstić information content (AvgIpc) is 3.27. The zero-order chi connectivity index (χ0) is 21.5. The summed E-state index contributed by atoms with van der Waals surface area (Å²) in [4.78, 5) is 26.2. The second-order valence-electron chi connectivity index (χ2n) is 8.49. The Morgan fingerprint density at radius 3 is 2.55 bits per heavy atom. The Morgan fingerprint density at radius 2 is 1.81 bits per heavy atom. The van der Waals surface area contributed by atoms with E-state index in [-0.39, 0.29) is 11.7 Å². The Bertz CT molecular complexity index is 1280.